The van der Waals surface area contributed by atoms with Gasteiger partial charge in [0.2, 0.25) is 0 Å². The number of anilines is 1. The van der Waals surface area contributed by atoms with Crippen LogP contribution in [-0.2, 0) is 4.79 Å². The average molecular weight is 460 g/mol. The monoisotopic (exact) mass is 458 g/mol. The lowest BCUT2D eigenvalue weighted by Crippen LogP contribution is -2.52. The molecule has 3 aromatic rings. The molecule has 3 heterocycles. The first-order valence-electron chi connectivity index (χ1n) is 8.40. The van der Waals surface area contributed by atoms with Gasteiger partial charge in [0, 0.05) is 31.2 Å². The number of piperazine rings is 1. The summed E-state index contributed by atoms with van der Waals surface area (Å²) in [5.41, 5.74) is 1.48. The van der Waals surface area contributed by atoms with E-state index in [1.807, 2.05) is 18.2 Å². The molecule has 0 saturated carbocycles. The summed E-state index contributed by atoms with van der Waals surface area (Å²) in [7, 11) is 0. The first-order chi connectivity index (χ1) is 13.3. The van der Waals surface area contributed by atoms with E-state index in [9.17, 15) is 4.79 Å². The van der Waals surface area contributed by atoms with Crippen molar-refractivity contribution < 1.29 is 4.79 Å². The van der Waals surface area contributed by atoms with Crippen molar-refractivity contribution in [1.82, 2.24) is 24.6 Å². The minimum absolute atomic E-state index is 0.431. The Balaban J connectivity index is 1.60. The van der Waals surface area contributed by atoms with Crippen LogP contribution in [0.25, 0.3) is 16.7 Å². The van der Waals surface area contributed by atoms with Gasteiger partial charge in [-0.25, -0.2) is 14.6 Å². The van der Waals surface area contributed by atoms with Gasteiger partial charge < -0.3 is 9.80 Å². The number of carbonyl (C=O) groups is 1. The number of alkyl halides is 3. The van der Waals surface area contributed by atoms with Gasteiger partial charge in [0.05, 0.1) is 17.3 Å². The second-order valence-corrected chi connectivity index (χ2v) is 8.97. The van der Waals surface area contributed by atoms with E-state index in [0.717, 1.165) is 16.9 Å². The van der Waals surface area contributed by atoms with Crippen LogP contribution in [0, 0.1) is 0 Å². The van der Waals surface area contributed by atoms with E-state index in [4.69, 9.17) is 46.4 Å². The Morgan fingerprint density at radius 2 is 1.82 bits per heavy atom. The van der Waals surface area contributed by atoms with Crippen LogP contribution < -0.4 is 4.90 Å². The molecule has 146 valence electrons. The summed E-state index contributed by atoms with van der Waals surface area (Å²) in [6.45, 7) is 1.98. The fraction of sp³-hybridized carbons (Fsp3) is 0.294. The van der Waals surface area contributed by atoms with E-state index < -0.39 is 9.70 Å². The fourth-order valence-electron chi connectivity index (χ4n) is 3.18. The highest BCUT2D eigenvalue weighted by atomic mass is 35.6. The van der Waals surface area contributed by atoms with E-state index in [1.54, 1.807) is 16.9 Å². The molecule has 1 aliphatic rings. The maximum absolute atomic E-state index is 12.1. The molecule has 1 aromatic carbocycles. The number of benzene rings is 1. The van der Waals surface area contributed by atoms with Crippen molar-refractivity contribution in [2.75, 3.05) is 31.1 Å². The lowest BCUT2D eigenvalue weighted by atomic mass is 10.2. The van der Waals surface area contributed by atoms with Gasteiger partial charge in [-0.2, -0.15) is 5.10 Å². The molecule has 0 aliphatic carbocycles. The third kappa shape index (κ3) is 3.72. The summed E-state index contributed by atoms with van der Waals surface area (Å²) in [5.74, 6) is 0.234. The van der Waals surface area contributed by atoms with Crippen LogP contribution in [-0.4, -0.2) is 60.5 Å². The van der Waals surface area contributed by atoms with Crippen molar-refractivity contribution in [2.45, 2.75) is 3.79 Å². The summed E-state index contributed by atoms with van der Waals surface area (Å²) < 4.78 is -0.225. The zero-order valence-corrected chi connectivity index (χ0v) is 17.4. The van der Waals surface area contributed by atoms with Crippen LogP contribution in [0.5, 0.6) is 0 Å². The second-order valence-electron chi connectivity index (χ2n) is 6.25. The topological polar surface area (TPSA) is 67.2 Å². The van der Waals surface area contributed by atoms with E-state index >= 15 is 0 Å². The fourth-order valence-corrected chi connectivity index (χ4v) is 3.72. The number of fused-ring (bicyclic) bond motifs is 1. The largest absolute Gasteiger partial charge is 0.352 e. The Morgan fingerprint density at radius 1 is 1.07 bits per heavy atom. The minimum Gasteiger partial charge on any atom is -0.352 e. The molecular weight excluding hydrogens is 446 g/mol. The third-order valence-corrected chi connectivity index (χ3v) is 5.23. The Kier molecular flexibility index (Phi) is 5.26. The maximum Gasteiger partial charge on any atom is 0.274 e. The second kappa shape index (κ2) is 7.55. The number of nitrogens with zero attached hydrogens (tertiary/aromatic N) is 6. The number of hydrogen-bond acceptors (Lipinski definition) is 5. The van der Waals surface area contributed by atoms with Gasteiger partial charge in [-0.15, -0.1) is 0 Å². The van der Waals surface area contributed by atoms with Crippen molar-refractivity contribution >= 4 is 69.2 Å². The van der Waals surface area contributed by atoms with Crippen LogP contribution in [0.15, 0.2) is 36.8 Å². The molecule has 0 radical (unpaired) electrons. The molecule has 2 aromatic heterocycles. The molecule has 1 aliphatic heterocycles. The molecule has 1 amide bonds. The van der Waals surface area contributed by atoms with Gasteiger partial charge in [0.1, 0.15) is 12.1 Å². The molecular formula is C17H14Cl4N6O. The first kappa shape index (κ1) is 19.5. The molecule has 28 heavy (non-hydrogen) atoms. The summed E-state index contributed by atoms with van der Waals surface area (Å²) in [5, 5.41) is 5.87. The highest BCUT2D eigenvalue weighted by Crippen LogP contribution is 2.30. The van der Waals surface area contributed by atoms with Gasteiger partial charge >= 0.3 is 0 Å². The van der Waals surface area contributed by atoms with Crippen molar-refractivity contribution in [3.63, 3.8) is 0 Å². The molecule has 4 rings (SSSR count). The summed E-state index contributed by atoms with van der Waals surface area (Å²) in [6, 6.07) is 7.38. The summed E-state index contributed by atoms with van der Waals surface area (Å²) in [6.07, 6.45) is 3.23. The number of hydrogen-bond donors (Lipinski definition) is 0. The molecule has 0 N–H and O–H groups in total. The Morgan fingerprint density at radius 3 is 2.50 bits per heavy atom. The van der Waals surface area contributed by atoms with Crippen LogP contribution in [0.3, 0.4) is 0 Å². The van der Waals surface area contributed by atoms with Gasteiger partial charge in [-0.05, 0) is 18.2 Å². The predicted molar refractivity (Wildman–Crippen MR) is 111 cm³/mol. The molecule has 0 unspecified atom stereocenters. The van der Waals surface area contributed by atoms with Crippen LogP contribution in [0.1, 0.15) is 0 Å². The Labute approximate surface area is 180 Å². The lowest BCUT2D eigenvalue weighted by Gasteiger charge is -2.36. The van der Waals surface area contributed by atoms with Crippen molar-refractivity contribution in [2.24, 2.45) is 0 Å². The van der Waals surface area contributed by atoms with Gasteiger partial charge in [0.25, 0.3) is 9.70 Å². The number of aromatic nitrogens is 4. The average Bonchev–Trinajstić information content (AvgIpc) is 3.11. The number of rotatable bonds is 2. The van der Waals surface area contributed by atoms with Gasteiger partial charge in [-0.1, -0.05) is 52.5 Å². The van der Waals surface area contributed by atoms with E-state index in [1.165, 1.54) is 11.2 Å². The molecule has 1 fully saturated rings. The summed E-state index contributed by atoms with van der Waals surface area (Å²) >= 11 is 23.2. The van der Waals surface area contributed by atoms with Crippen molar-refractivity contribution in [1.29, 1.82) is 0 Å². The van der Waals surface area contributed by atoms with Crippen LogP contribution in [0.2, 0.25) is 5.02 Å². The first-order valence-corrected chi connectivity index (χ1v) is 9.91. The van der Waals surface area contributed by atoms with E-state index in [2.05, 4.69) is 20.0 Å². The highest BCUT2D eigenvalue weighted by molar-refractivity contribution is 6.76. The normalized spacial score (nSPS) is 15.3. The van der Waals surface area contributed by atoms with Crippen molar-refractivity contribution in [3.05, 3.63) is 41.8 Å². The van der Waals surface area contributed by atoms with E-state index in [-0.39, 0.29) is 0 Å². The van der Waals surface area contributed by atoms with Gasteiger partial charge in [-0.3, -0.25) is 4.79 Å². The molecule has 0 atom stereocenters. The number of halogens is 4. The highest BCUT2D eigenvalue weighted by Gasteiger charge is 2.36. The third-order valence-electron chi connectivity index (χ3n) is 4.51. The Hall–Kier alpha value is -1.80. The standard InChI is InChI=1S/C17H14Cl4N6O/c18-11-2-1-3-12(8-11)27-15-13(9-24-27)14(22-10-23-15)25-4-6-26(7-5-25)16(28)17(19,20)21/h1-3,8-10H,4-7H2. The number of amides is 1. The predicted octanol–water partition coefficient (Wildman–Crippen LogP) is 3.49. The smallest absolute Gasteiger partial charge is 0.274 e. The quantitative estimate of drug-likeness (QED) is 0.548. The lowest BCUT2D eigenvalue weighted by molar-refractivity contribution is -0.130. The molecule has 11 heteroatoms. The SMILES string of the molecule is O=C(N1CCN(c2ncnc3c2cnn3-c2cccc(Cl)c2)CC1)C(Cl)(Cl)Cl. The van der Waals surface area contributed by atoms with Gasteiger partial charge in [0.15, 0.2) is 5.65 Å². The maximum atomic E-state index is 12.1. The molecule has 0 spiro atoms. The summed E-state index contributed by atoms with van der Waals surface area (Å²) in [4.78, 5) is 24.5. The molecule has 7 nitrogen and oxygen atoms in total. The minimum atomic E-state index is -1.94. The zero-order valence-electron chi connectivity index (χ0n) is 14.4. The van der Waals surface area contributed by atoms with E-state index in [0.29, 0.717) is 36.8 Å². The number of carbonyl (C=O) groups excluding carboxylic acids is 1. The van der Waals surface area contributed by atoms with Crippen molar-refractivity contribution in [3.8, 4) is 5.69 Å². The molecule has 1 saturated heterocycles. The van der Waals surface area contributed by atoms with Crippen LogP contribution in [0.4, 0.5) is 5.82 Å². The van der Waals surface area contributed by atoms with Crippen LogP contribution >= 0.6 is 46.4 Å². The zero-order chi connectivity index (χ0) is 19.9. The molecule has 0 bridgehead atoms. The Bertz CT molecular complexity index is 1030.